The van der Waals surface area contributed by atoms with Crippen LogP contribution in [-0.2, 0) is 10.0 Å². The number of pyridine rings is 1. The van der Waals surface area contributed by atoms with E-state index in [0.29, 0.717) is 11.3 Å². The number of sulfonamides is 1. The molecule has 0 aliphatic carbocycles. The predicted octanol–water partition coefficient (Wildman–Crippen LogP) is 1.88. The van der Waals surface area contributed by atoms with Gasteiger partial charge in [-0.15, -0.1) is 0 Å². The maximum absolute atomic E-state index is 12.3. The van der Waals surface area contributed by atoms with Gasteiger partial charge in [0.1, 0.15) is 0 Å². The largest absolute Gasteiger partial charge is 0.355 e. The topological polar surface area (TPSA) is 128 Å². The Bertz CT molecular complexity index is 1010. The molecule has 0 fully saturated rings. The van der Waals surface area contributed by atoms with E-state index in [1.807, 2.05) is 0 Å². The standard InChI is InChI=1S/C17H16N4O4S/c1-11(12-4-6-14(7-5-12)26(18,23)24)20-17(22)15-9-16(25-21-15)13-3-2-8-19-10-13/h2-11H,1H3,(H,20,22)(H2,18,23,24). The van der Waals surface area contributed by atoms with Gasteiger partial charge in [-0.05, 0) is 36.8 Å². The van der Waals surface area contributed by atoms with Crippen molar-refractivity contribution in [3.63, 3.8) is 0 Å². The molecule has 0 aliphatic heterocycles. The summed E-state index contributed by atoms with van der Waals surface area (Å²) in [5.74, 6) is 0.0281. The smallest absolute Gasteiger partial charge is 0.273 e. The van der Waals surface area contributed by atoms with Crippen LogP contribution in [0.3, 0.4) is 0 Å². The Kier molecular flexibility index (Phi) is 4.83. The molecule has 0 saturated carbocycles. The molecule has 9 heteroatoms. The Morgan fingerprint density at radius 3 is 2.58 bits per heavy atom. The number of nitrogens with zero attached hydrogens (tertiary/aromatic N) is 2. The Morgan fingerprint density at radius 1 is 1.23 bits per heavy atom. The van der Waals surface area contributed by atoms with E-state index in [9.17, 15) is 13.2 Å². The first-order chi connectivity index (χ1) is 12.3. The summed E-state index contributed by atoms with van der Waals surface area (Å²) in [5.41, 5.74) is 1.57. The zero-order chi connectivity index (χ0) is 18.7. The lowest BCUT2D eigenvalue weighted by Crippen LogP contribution is -2.26. The fourth-order valence-corrected chi connectivity index (χ4v) is 2.84. The fourth-order valence-electron chi connectivity index (χ4n) is 2.33. The summed E-state index contributed by atoms with van der Waals surface area (Å²) in [6.07, 6.45) is 3.24. The molecule has 2 heterocycles. The van der Waals surface area contributed by atoms with Gasteiger partial charge >= 0.3 is 0 Å². The van der Waals surface area contributed by atoms with Crippen molar-refractivity contribution in [2.24, 2.45) is 5.14 Å². The van der Waals surface area contributed by atoms with Crippen molar-refractivity contribution >= 4 is 15.9 Å². The number of nitrogens with two attached hydrogens (primary N) is 1. The Morgan fingerprint density at radius 2 is 1.96 bits per heavy atom. The van der Waals surface area contributed by atoms with Gasteiger partial charge in [-0.1, -0.05) is 17.3 Å². The minimum Gasteiger partial charge on any atom is -0.355 e. The van der Waals surface area contributed by atoms with Crippen molar-refractivity contribution < 1.29 is 17.7 Å². The minimum atomic E-state index is -3.75. The van der Waals surface area contributed by atoms with E-state index < -0.39 is 15.9 Å². The van der Waals surface area contributed by atoms with Crippen LogP contribution in [0.1, 0.15) is 29.0 Å². The summed E-state index contributed by atoms with van der Waals surface area (Å²) in [6.45, 7) is 1.77. The monoisotopic (exact) mass is 372 g/mol. The van der Waals surface area contributed by atoms with Crippen molar-refractivity contribution in [3.05, 3.63) is 66.1 Å². The van der Waals surface area contributed by atoms with Crippen LogP contribution in [0.5, 0.6) is 0 Å². The highest BCUT2D eigenvalue weighted by Gasteiger charge is 2.17. The van der Waals surface area contributed by atoms with Crippen LogP contribution in [0.15, 0.2) is 64.3 Å². The van der Waals surface area contributed by atoms with Gasteiger partial charge in [0.2, 0.25) is 10.0 Å². The van der Waals surface area contributed by atoms with Gasteiger partial charge < -0.3 is 9.84 Å². The third-order valence-corrected chi connectivity index (χ3v) is 4.67. The first-order valence-corrected chi connectivity index (χ1v) is 9.20. The highest BCUT2D eigenvalue weighted by atomic mass is 32.2. The van der Waals surface area contributed by atoms with E-state index in [2.05, 4.69) is 15.5 Å². The maximum Gasteiger partial charge on any atom is 0.273 e. The van der Waals surface area contributed by atoms with Crippen LogP contribution < -0.4 is 10.5 Å². The number of benzene rings is 1. The molecule has 0 spiro atoms. The lowest BCUT2D eigenvalue weighted by atomic mass is 10.1. The number of carbonyl (C=O) groups is 1. The number of aromatic nitrogens is 2. The van der Waals surface area contributed by atoms with Gasteiger partial charge in [0, 0.05) is 24.0 Å². The number of rotatable bonds is 5. The number of primary sulfonamides is 1. The quantitative estimate of drug-likeness (QED) is 0.703. The molecule has 0 aliphatic rings. The van der Waals surface area contributed by atoms with Crippen LogP contribution in [0.2, 0.25) is 0 Å². The van der Waals surface area contributed by atoms with E-state index in [0.717, 1.165) is 5.56 Å². The number of amides is 1. The van der Waals surface area contributed by atoms with Gasteiger partial charge in [-0.3, -0.25) is 9.78 Å². The molecular formula is C17H16N4O4S. The number of hydrogen-bond acceptors (Lipinski definition) is 6. The van der Waals surface area contributed by atoms with E-state index in [1.165, 1.54) is 18.2 Å². The van der Waals surface area contributed by atoms with Crippen molar-refractivity contribution in [1.82, 2.24) is 15.5 Å². The summed E-state index contributed by atoms with van der Waals surface area (Å²) in [7, 11) is -3.75. The zero-order valence-electron chi connectivity index (χ0n) is 13.8. The highest BCUT2D eigenvalue weighted by molar-refractivity contribution is 7.89. The van der Waals surface area contributed by atoms with E-state index in [1.54, 1.807) is 43.6 Å². The SMILES string of the molecule is CC(NC(=O)c1cc(-c2cccnc2)on1)c1ccc(S(N)(=O)=O)cc1. The van der Waals surface area contributed by atoms with E-state index in [-0.39, 0.29) is 16.6 Å². The molecule has 0 bridgehead atoms. The lowest BCUT2D eigenvalue weighted by molar-refractivity contribution is 0.0931. The van der Waals surface area contributed by atoms with Crippen LogP contribution in [0.25, 0.3) is 11.3 Å². The molecule has 3 aromatic rings. The van der Waals surface area contributed by atoms with Crippen molar-refractivity contribution in [2.75, 3.05) is 0 Å². The second-order valence-corrected chi connectivity index (χ2v) is 7.19. The Balaban J connectivity index is 1.71. The maximum atomic E-state index is 12.3. The summed E-state index contributed by atoms with van der Waals surface area (Å²) >= 11 is 0. The summed E-state index contributed by atoms with van der Waals surface area (Å²) in [5, 5.41) is 11.6. The molecule has 3 N–H and O–H groups in total. The molecule has 1 amide bonds. The normalized spacial score (nSPS) is 12.5. The Labute approximate surface area is 150 Å². The first kappa shape index (κ1) is 17.8. The molecule has 0 saturated heterocycles. The molecule has 26 heavy (non-hydrogen) atoms. The average molecular weight is 372 g/mol. The molecule has 8 nitrogen and oxygen atoms in total. The first-order valence-electron chi connectivity index (χ1n) is 7.65. The highest BCUT2D eigenvalue weighted by Crippen LogP contribution is 2.20. The summed E-state index contributed by atoms with van der Waals surface area (Å²) in [6, 6.07) is 10.7. The summed E-state index contributed by atoms with van der Waals surface area (Å²) < 4.78 is 27.7. The van der Waals surface area contributed by atoms with Crippen molar-refractivity contribution in [3.8, 4) is 11.3 Å². The molecule has 134 valence electrons. The molecule has 2 aromatic heterocycles. The molecule has 3 rings (SSSR count). The molecule has 0 radical (unpaired) electrons. The molecular weight excluding hydrogens is 356 g/mol. The Hall–Kier alpha value is -3.04. The van der Waals surface area contributed by atoms with Crippen LogP contribution in [0, 0.1) is 0 Å². The number of nitrogens with one attached hydrogen (secondary N) is 1. The van der Waals surface area contributed by atoms with Gasteiger partial charge in [0.25, 0.3) is 5.91 Å². The second-order valence-electron chi connectivity index (χ2n) is 5.63. The minimum absolute atomic E-state index is 0.0115. The van der Waals surface area contributed by atoms with Crippen LogP contribution >= 0.6 is 0 Å². The van der Waals surface area contributed by atoms with Gasteiger partial charge in [0.15, 0.2) is 11.5 Å². The lowest BCUT2D eigenvalue weighted by Gasteiger charge is -2.13. The third kappa shape index (κ3) is 3.95. The predicted molar refractivity (Wildman–Crippen MR) is 93.4 cm³/mol. The summed E-state index contributed by atoms with van der Waals surface area (Å²) in [4.78, 5) is 16.3. The van der Waals surface area contributed by atoms with Gasteiger partial charge in [-0.25, -0.2) is 13.6 Å². The van der Waals surface area contributed by atoms with E-state index >= 15 is 0 Å². The van der Waals surface area contributed by atoms with E-state index in [4.69, 9.17) is 9.66 Å². The van der Waals surface area contributed by atoms with Crippen LogP contribution in [-0.4, -0.2) is 24.5 Å². The van der Waals surface area contributed by atoms with Gasteiger partial charge in [-0.2, -0.15) is 0 Å². The number of hydrogen-bond donors (Lipinski definition) is 2. The van der Waals surface area contributed by atoms with Gasteiger partial charge in [0.05, 0.1) is 10.9 Å². The van der Waals surface area contributed by atoms with Crippen LogP contribution in [0.4, 0.5) is 0 Å². The molecule has 1 aromatic carbocycles. The molecule has 1 atom stereocenters. The molecule has 1 unspecified atom stereocenters. The number of carbonyl (C=O) groups excluding carboxylic acids is 1. The zero-order valence-corrected chi connectivity index (χ0v) is 14.6. The fraction of sp³-hybridized carbons (Fsp3) is 0.118. The van der Waals surface area contributed by atoms with Crippen molar-refractivity contribution in [2.45, 2.75) is 17.9 Å². The second kappa shape index (κ2) is 7.06. The average Bonchev–Trinajstić information content (AvgIpc) is 3.12. The van der Waals surface area contributed by atoms with Crippen molar-refractivity contribution in [1.29, 1.82) is 0 Å². The third-order valence-electron chi connectivity index (χ3n) is 3.75.